The first-order valence-corrected chi connectivity index (χ1v) is 3.29. The molecule has 1 fully saturated rings. The fraction of sp³-hybridized carbons (Fsp3) is 0.833. The normalized spacial score (nSPS) is 29.5. The van der Waals surface area contributed by atoms with E-state index in [0.29, 0.717) is 13.0 Å². The van der Waals surface area contributed by atoms with Crippen LogP contribution in [0.15, 0.2) is 0 Å². The molecule has 2 N–H and O–H groups in total. The molecule has 5 heteroatoms. The van der Waals surface area contributed by atoms with Crippen molar-refractivity contribution in [2.45, 2.75) is 18.5 Å². The van der Waals surface area contributed by atoms with Gasteiger partial charge in [-0.15, -0.1) is 6.04 Å². The van der Waals surface area contributed by atoms with E-state index in [0.717, 1.165) is 0 Å². The summed E-state index contributed by atoms with van der Waals surface area (Å²) in [6.45, 7) is 0.702. The van der Waals surface area contributed by atoms with E-state index in [9.17, 15) is 4.79 Å². The predicted molar refractivity (Wildman–Crippen MR) is 37.1 cm³/mol. The standard InChI is InChI=1S/C6H11N2O2.W/c1-7-4-2-5(6(9)10)8-3-4;/h4-5,8H,2-3H2,1H3,(H,9,10);/q-1;. The molecule has 1 heterocycles. The number of hydrogen-bond donors (Lipinski definition) is 2. The van der Waals surface area contributed by atoms with Crippen LogP contribution in [-0.4, -0.2) is 36.8 Å². The van der Waals surface area contributed by atoms with Gasteiger partial charge in [-0.25, -0.2) is 0 Å². The summed E-state index contributed by atoms with van der Waals surface area (Å²) in [7, 11) is 1.72. The molecule has 11 heavy (non-hydrogen) atoms. The number of rotatable bonds is 2. The smallest absolute Gasteiger partial charge is 0.320 e. The second-order valence-electron chi connectivity index (χ2n) is 2.45. The van der Waals surface area contributed by atoms with E-state index in [1.165, 1.54) is 0 Å². The van der Waals surface area contributed by atoms with Gasteiger partial charge in [-0.2, -0.15) is 7.05 Å². The van der Waals surface area contributed by atoms with Crippen LogP contribution in [0.3, 0.4) is 0 Å². The number of carboxylic acids is 1. The van der Waals surface area contributed by atoms with Crippen LogP contribution >= 0.6 is 0 Å². The quantitative estimate of drug-likeness (QED) is 0.739. The van der Waals surface area contributed by atoms with E-state index >= 15 is 0 Å². The van der Waals surface area contributed by atoms with Crippen molar-refractivity contribution >= 4 is 5.97 Å². The van der Waals surface area contributed by atoms with E-state index in [4.69, 9.17) is 5.11 Å². The Balaban J connectivity index is 0.000001000. The molecule has 0 aromatic rings. The Bertz CT molecular complexity index is 143. The molecule has 1 rings (SSSR count). The molecule has 1 aliphatic rings. The van der Waals surface area contributed by atoms with Crippen LogP contribution in [0, 0.1) is 0 Å². The van der Waals surface area contributed by atoms with Crippen molar-refractivity contribution in [3.63, 3.8) is 0 Å². The van der Waals surface area contributed by atoms with E-state index in [2.05, 4.69) is 10.6 Å². The first-order chi connectivity index (χ1) is 4.74. The molecule has 1 saturated heterocycles. The summed E-state index contributed by atoms with van der Waals surface area (Å²) < 4.78 is 0. The van der Waals surface area contributed by atoms with Crippen LogP contribution in [0.25, 0.3) is 5.32 Å². The zero-order valence-electron chi connectivity index (χ0n) is 6.28. The molecule has 0 radical (unpaired) electrons. The third kappa shape index (κ3) is 2.89. The fourth-order valence-electron chi connectivity index (χ4n) is 1.10. The summed E-state index contributed by atoms with van der Waals surface area (Å²) >= 11 is 0. The molecule has 0 aromatic carbocycles. The molecule has 4 nitrogen and oxygen atoms in total. The van der Waals surface area contributed by atoms with Crippen molar-refractivity contribution in [1.29, 1.82) is 0 Å². The molecule has 0 aromatic heterocycles. The second-order valence-corrected chi connectivity index (χ2v) is 2.45. The Morgan fingerprint density at radius 3 is 2.64 bits per heavy atom. The molecular weight excluding hydrogens is 316 g/mol. The number of aliphatic carboxylic acids is 1. The number of likely N-dealkylation sites (N-methyl/N-ethyl adjacent to an activating group) is 1. The molecule has 2 atom stereocenters. The molecule has 0 bridgehead atoms. The number of carboxylic acid groups (broad SMARTS) is 1. The summed E-state index contributed by atoms with van der Waals surface area (Å²) in [4.78, 5) is 10.4. The van der Waals surface area contributed by atoms with E-state index < -0.39 is 5.97 Å². The average molecular weight is 327 g/mol. The third-order valence-corrected chi connectivity index (χ3v) is 1.77. The second kappa shape index (κ2) is 4.86. The van der Waals surface area contributed by atoms with Crippen LogP contribution in [0.4, 0.5) is 0 Å². The van der Waals surface area contributed by atoms with Gasteiger partial charge in [-0.3, -0.25) is 4.79 Å². The Morgan fingerprint density at radius 1 is 1.73 bits per heavy atom. The van der Waals surface area contributed by atoms with Gasteiger partial charge in [0.15, 0.2) is 0 Å². The van der Waals surface area contributed by atoms with E-state index in [1.807, 2.05) is 0 Å². The maximum absolute atomic E-state index is 10.4. The number of nitrogens with one attached hydrogen (secondary N) is 1. The van der Waals surface area contributed by atoms with Crippen LogP contribution in [0.5, 0.6) is 0 Å². The first-order valence-electron chi connectivity index (χ1n) is 3.29. The van der Waals surface area contributed by atoms with E-state index in [1.54, 1.807) is 7.05 Å². The molecular formula is C6H11N2O2W-. The van der Waals surface area contributed by atoms with Gasteiger partial charge in [0.05, 0.1) is 0 Å². The zero-order chi connectivity index (χ0) is 7.56. The molecule has 64 valence electrons. The van der Waals surface area contributed by atoms with E-state index in [-0.39, 0.29) is 33.1 Å². The first kappa shape index (κ1) is 11.1. The van der Waals surface area contributed by atoms with Crippen LogP contribution in [-0.2, 0) is 25.9 Å². The van der Waals surface area contributed by atoms with Crippen molar-refractivity contribution in [1.82, 2.24) is 5.32 Å². The maximum atomic E-state index is 10.4. The molecule has 0 spiro atoms. The van der Waals surface area contributed by atoms with Gasteiger partial charge in [0.1, 0.15) is 6.04 Å². The Hall–Kier alpha value is 0.0783. The fourth-order valence-corrected chi connectivity index (χ4v) is 1.10. The number of nitrogens with zero attached hydrogens (tertiary/aromatic N) is 1. The largest absolute Gasteiger partial charge is 0.661 e. The van der Waals surface area contributed by atoms with Gasteiger partial charge in [0, 0.05) is 21.1 Å². The predicted octanol–water partition coefficient (Wildman–Crippen LogP) is -0.198. The number of carbonyl (C=O) groups is 1. The summed E-state index contributed by atoms with van der Waals surface area (Å²) in [5.41, 5.74) is 0. The minimum absolute atomic E-state index is 0. The van der Waals surface area contributed by atoms with Crippen molar-refractivity contribution in [3.05, 3.63) is 5.32 Å². The Morgan fingerprint density at radius 2 is 2.36 bits per heavy atom. The van der Waals surface area contributed by atoms with Gasteiger partial charge >= 0.3 is 5.97 Å². The van der Waals surface area contributed by atoms with Gasteiger partial charge in [0.25, 0.3) is 0 Å². The zero-order valence-corrected chi connectivity index (χ0v) is 9.21. The van der Waals surface area contributed by atoms with Crippen LogP contribution in [0.2, 0.25) is 0 Å². The topological polar surface area (TPSA) is 63.4 Å². The van der Waals surface area contributed by atoms with Crippen LogP contribution in [0.1, 0.15) is 6.42 Å². The summed E-state index contributed by atoms with van der Waals surface area (Å²) in [6, 6.07) is -0.185. The minimum atomic E-state index is -0.772. The SMILES string of the molecule is C[N-]C1CNC(C(=O)O)C1.[W]. The Kier molecular flexibility index (Phi) is 4.89. The summed E-state index contributed by atoms with van der Waals surface area (Å²) in [5, 5.41) is 15.4. The van der Waals surface area contributed by atoms with Crippen molar-refractivity contribution in [2.75, 3.05) is 13.6 Å². The molecule has 0 amide bonds. The Labute approximate surface area is 80.0 Å². The van der Waals surface area contributed by atoms with Crippen molar-refractivity contribution < 1.29 is 31.0 Å². The monoisotopic (exact) mass is 327 g/mol. The maximum Gasteiger partial charge on any atom is 0.320 e. The average Bonchev–Trinajstić information content (AvgIpc) is 2.34. The molecule has 0 saturated carbocycles. The van der Waals surface area contributed by atoms with Crippen molar-refractivity contribution in [2.24, 2.45) is 0 Å². The minimum Gasteiger partial charge on any atom is -0.661 e. The summed E-state index contributed by atoms with van der Waals surface area (Å²) in [5.74, 6) is -0.772. The van der Waals surface area contributed by atoms with Crippen LogP contribution < -0.4 is 5.32 Å². The summed E-state index contributed by atoms with van der Waals surface area (Å²) in [6.07, 6.45) is 0.631. The molecule has 1 aliphatic heterocycles. The van der Waals surface area contributed by atoms with Gasteiger partial charge < -0.3 is 15.7 Å². The number of hydrogen-bond acceptors (Lipinski definition) is 2. The molecule has 0 aliphatic carbocycles. The third-order valence-electron chi connectivity index (χ3n) is 1.77. The van der Waals surface area contributed by atoms with Gasteiger partial charge in [-0.1, -0.05) is 0 Å². The molecule has 2 unspecified atom stereocenters. The van der Waals surface area contributed by atoms with Gasteiger partial charge in [-0.05, 0) is 13.0 Å². The van der Waals surface area contributed by atoms with Crippen molar-refractivity contribution in [3.8, 4) is 0 Å². The van der Waals surface area contributed by atoms with Gasteiger partial charge in [0.2, 0.25) is 0 Å².